The number of amides is 1. The summed E-state index contributed by atoms with van der Waals surface area (Å²) >= 11 is 0. The highest BCUT2D eigenvalue weighted by Gasteiger charge is 2.53. The standard InChI is InChI=1S/C24H37N3O4/c1-6-7-18(27-15(2)28)20(29)14-25-19-12-24(9-8-21(24)30)31-22-17(19)10-16(13-26-22)11-23(3,4)5/h6,10,13,18-21,25,29-30H,1,7-9,11-12,14H2,2-5H3,(H,27,28)/t18-,19-,20+,21+,24+/m0/s1. The van der Waals surface area contributed by atoms with Crippen LogP contribution in [0, 0.1) is 5.41 Å². The number of carbonyl (C=O) groups is 1. The number of carbonyl (C=O) groups excluding carboxylic acids is 1. The van der Waals surface area contributed by atoms with Crippen LogP contribution in [0.15, 0.2) is 24.9 Å². The molecule has 2 aliphatic rings. The van der Waals surface area contributed by atoms with Gasteiger partial charge in [-0.15, -0.1) is 6.58 Å². The van der Waals surface area contributed by atoms with E-state index in [2.05, 4.69) is 49.0 Å². The van der Waals surface area contributed by atoms with E-state index in [1.54, 1.807) is 6.08 Å². The Bertz CT molecular complexity index is 807. The van der Waals surface area contributed by atoms with Crippen molar-refractivity contribution in [3.63, 3.8) is 0 Å². The highest BCUT2D eigenvalue weighted by Crippen LogP contribution is 2.48. The predicted octanol–water partition coefficient (Wildman–Crippen LogP) is 2.42. The van der Waals surface area contributed by atoms with Gasteiger partial charge in [-0.2, -0.15) is 0 Å². The van der Waals surface area contributed by atoms with Crippen LogP contribution < -0.4 is 15.4 Å². The number of aromatic nitrogens is 1. The molecule has 1 amide bonds. The minimum Gasteiger partial charge on any atom is -0.468 e. The molecule has 1 aromatic heterocycles. The van der Waals surface area contributed by atoms with Crippen LogP contribution in [-0.4, -0.2) is 51.5 Å². The molecule has 172 valence electrons. The Hall–Kier alpha value is -1.96. The molecule has 1 aliphatic carbocycles. The Kier molecular flexibility index (Phi) is 7.08. The molecule has 5 atom stereocenters. The molecule has 1 fully saturated rings. The fraction of sp³-hybridized carbons (Fsp3) is 0.667. The molecule has 31 heavy (non-hydrogen) atoms. The van der Waals surface area contributed by atoms with Crippen LogP contribution in [0.2, 0.25) is 0 Å². The lowest BCUT2D eigenvalue weighted by Gasteiger charge is -2.50. The Morgan fingerprint density at radius 2 is 2.23 bits per heavy atom. The van der Waals surface area contributed by atoms with Crippen LogP contribution in [-0.2, 0) is 11.2 Å². The molecule has 3 rings (SSSR count). The number of rotatable bonds is 8. The average molecular weight is 432 g/mol. The van der Waals surface area contributed by atoms with E-state index in [4.69, 9.17) is 4.74 Å². The van der Waals surface area contributed by atoms with Crippen LogP contribution in [0.3, 0.4) is 0 Å². The van der Waals surface area contributed by atoms with E-state index in [-0.39, 0.29) is 17.4 Å². The molecule has 1 spiro atoms. The number of nitrogens with one attached hydrogen (secondary N) is 2. The van der Waals surface area contributed by atoms with E-state index in [1.807, 2.05) is 6.20 Å². The topological polar surface area (TPSA) is 104 Å². The lowest BCUT2D eigenvalue weighted by molar-refractivity contribution is -0.145. The first kappa shape index (κ1) is 23.7. The largest absolute Gasteiger partial charge is 0.468 e. The highest BCUT2D eigenvalue weighted by atomic mass is 16.5. The molecule has 0 saturated heterocycles. The lowest BCUT2D eigenvalue weighted by atomic mass is 9.70. The van der Waals surface area contributed by atoms with E-state index in [0.29, 0.717) is 25.3 Å². The van der Waals surface area contributed by atoms with Gasteiger partial charge in [0.1, 0.15) is 5.60 Å². The zero-order chi connectivity index (χ0) is 22.8. The summed E-state index contributed by atoms with van der Waals surface area (Å²) < 4.78 is 6.19. The SMILES string of the molecule is C=CC[C@H](NC(C)=O)[C@H](O)CN[C@H]1C[C@@]2(CC[C@H]2O)Oc2ncc(CC(C)(C)C)cc21. The minimum atomic E-state index is -0.777. The molecule has 4 N–H and O–H groups in total. The van der Waals surface area contributed by atoms with Crippen LogP contribution in [0.5, 0.6) is 5.88 Å². The molecular weight excluding hydrogens is 394 g/mol. The predicted molar refractivity (Wildman–Crippen MR) is 120 cm³/mol. The zero-order valence-electron chi connectivity index (χ0n) is 19.1. The van der Waals surface area contributed by atoms with Crippen molar-refractivity contribution in [1.82, 2.24) is 15.6 Å². The number of hydrogen-bond donors (Lipinski definition) is 4. The van der Waals surface area contributed by atoms with E-state index >= 15 is 0 Å². The second kappa shape index (κ2) is 9.27. The summed E-state index contributed by atoms with van der Waals surface area (Å²) in [5, 5.41) is 27.4. The Labute approximate surface area is 185 Å². The molecule has 0 aromatic carbocycles. The monoisotopic (exact) mass is 431 g/mol. The Balaban J connectivity index is 1.80. The van der Waals surface area contributed by atoms with E-state index in [0.717, 1.165) is 30.4 Å². The second-order valence-electron chi connectivity index (χ2n) is 10.3. The third-order valence-electron chi connectivity index (χ3n) is 6.19. The third kappa shape index (κ3) is 5.64. The summed E-state index contributed by atoms with van der Waals surface area (Å²) in [4.78, 5) is 16.1. The smallest absolute Gasteiger partial charge is 0.218 e. The first-order valence-electron chi connectivity index (χ1n) is 11.2. The summed E-state index contributed by atoms with van der Waals surface area (Å²) in [6.07, 6.45) is 5.74. The van der Waals surface area contributed by atoms with Crippen LogP contribution in [0.25, 0.3) is 0 Å². The number of hydrogen-bond acceptors (Lipinski definition) is 6. The number of ether oxygens (including phenoxy) is 1. The van der Waals surface area contributed by atoms with E-state index < -0.39 is 23.9 Å². The van der Waals surface area contributed by atoms with Crippen molar-refractivity contribution in [2.45, 2.75) is 89.7 Å². The quantitative estimate of drug-likeness (QED) is 0.472. The van der Waals surface area contributed by atoms with Gasteiger partial charge >= 0.3 is 0 Å². The van der Waals surface area contributed by atoms with Crippen molar-refractivity contribution in [1.29, 1.82) is 0 Å². The molecule has 0 radical (unpaired) electrons. The summed E-state index contributed by atoms with van der Waals surface area (Å²) in [5.41, 5.74) is 1.60. The summed E-state index contributed by atoms with van der Waals surface area (Å²) in [6, 6.07) is 1.61. The van der Waals surface area contributed by atoms with Gasteiger partial charge in [-0.1, -0.05) is 26.8 Å². The number of aliphatic hydroxyl groups is 2. The summed E-state index contributed by atoms with van der Waals surface area (Å²) in [5.74, 6) is 0.369. The summed E-state index contributed by atoms with van der Waals surface area (Å²) in [7, 11) is 0. The number of aliphatic hydroxyl groups excluding tert-OH is 2. The molecule has 7 nitrogen and oxygen atoms in total. The van der Waals surface area contributed by atoms with Crippen molar-refractivity contribution >= 4 is 5.91 Å². The maximum absolute atomic E-state index is 11.5. The van der Waals surface area contributed by atoms with Gasteiger partial charge in [0.15, 0.2) is 0 Å². The highest BCUT2D eigenvalue weighted by molar-refractivity contribution is 5.73. The van der Waals surface area contributed by atoms with Crippen molar-refractivity contribution in [2.24, 2.45) is 5.41 Å². The van der Waals surface area contributed by atoms with Crippen molar-refractivity contribution in [3.8, 4) is 5.88 Å². The number of pyridine rings is 1. The average Bonchev–Trinajstić information content (AvgIpc) is 2.68. The zero-order valence-corrected chi connectivity index (χ0v) is 19.1. The van der Waals surface area contributed by atoms with Crippen LogP contribution in [0.1, 0.15) is 70.5 Å². The normalized spacial score (nSPS) is 26.9. The molecule has 1 aromatic rings. The van der Waals surface area contributed by atoms with Crippen LogP contribution in [0.4, 0.5) is 0 Å². The molecule has 0 bridgehead atoms. The lowest BCUT2D eigenvalue weighted by Crippen LogP contribution is -2.60. The molecule has 1 saturated carbocycles. The van der Waals surface area contributed by atoms with Gasteiger partial charge in [-0.3, -0.25) is 4.79 Å². The minimum absolute atomic E-state index is 0.109. The van der Waals surface area contributed by atoms with E-state index in [1.165, 1.54) is 6.92 Å². The van der Waals surface area contributed by atoms with Gasteiger partial charge in [0, 0.05) is 37.7 Å². The maximum Gasteiger partial charge on any atom is 0.218 e. The number of fused-ring (bicyclic) bond motifs is 1. The van der Waals surface area contributed by atoms with Gasteiger partial charge in [0.05, 0.1) is 18.2 Å². The molecule has 2 heterocycles. The second-order valence-corrected chi connectivity index (χ2v) is 10.3. The van der Waals surface area contributed by atoms with E-state index in [9.17, 15) is 15.0 Å². The Morgan fingerprint density at radius 3 is 2.77 bits per heavy atom. The van der Waals surface area contributed by atoms with Gasteiger partial charge in [-0.25, -0.2) is 4.98 Å². The third-order valence-corrected chi connectivity index (χ3v) is 6.19. The van der Waals surface area contributed by atoms with Crippen molar-refractivity contribution < 1.29 is 19.7 Å². The van der Waals surface area contributed by atoms with Gasteiger partial charge in [0.25, 0.3) is 0 Å². The Morgan fingerprint density at radius 1 is 1.48 bits per heavy atom. The van der Waals surface area contributed by atoms with Crippen LogP contribution >= 0.6 is 0 Å². The first-order valence-corrected chi connectivity index (χ1v) is 11.2. The molecular formula is C24H37N3O4. The molecule has 1 aliphatic heterocycles. The first-order chi connectivity index (χ1) is 14.5. The molecule has 7 heteroatoms. The summed E-state index contributed by atoms with van der Waals surface area (Å²) in [6.45, 7) is 12.0. The molecule has 0 unspecified atom stereocenters. The van der Waals surface area contributed by atoms with Gasteiger partial charge in [0.2, 0.25) is 11.8 Å². The van der Waals surface area contributed by atoms with Gasteiger partial charge < -0.3 is 25.6 Å². The fourth-order valence-electron chi connectivity index (χ4n) is 4.54. The van der Waals surface area contributed by atoms with Crippen molar-refractivity contribution in [3.05, 3.63) is 36.0 Å². The van der Waals surface area contributed by atoms with Gasteiger partial charge in [-0.05, 0) is 42.7 Å². The van der Waals surface area contributed by atoms with Crippen molar-refractivity contribution in [2.75, 3.05) is 6.54 Å². The number of nitrogens with zero attached hydrogens (tertiary/aromatic N) is 1. The maximum atomic E-state index is 11.5. The fourth-order valence-corrected chi connectivity index (χ4v) is 4.54.